The number of nitro benzene ring substituents is 1. The molecule has 0 aliphatic carbocycles. The van der Waals surface area contributed by atoms with Crippen LogP contribution in [0.25, 0.3) is 11.3 Å². The summed E-state index contributed by atoms with van der Waals surface area (Å²) in [6.45, 7) is 8.89. The summed E-state index contributed by atoms with van der Waals surface area (Å²) in [5, 5.41) is 14.2. The van der Waals surface area contributed by atoms with E-state index in [4.69, 9.17) is 15.2 Å². The molecule has 1 aromatic carbocycles. The van der Waals surface area contributed by atoms with Gasteiger partial charge in [-0.3, -0.25) is 10.1 Å². The van der Waals surface area contributed by atoms with Gasteiger partial charge in [-0.05, 0) is 39.3 Å². The Kier molecular flexibility index (Phi) is 6.77. The minimum atomic E-state index is -1.08. The second-order valence-electron chi connectivity index (χ2n) is 7.26. The van der Waals surface area contributed by atoms with Crippen LogP contribution in [0.5, 0.6) is 5.75 Å². The number of imidazole rings is 1. The van der Waals surface area contributed by atoms with Gasteiger partial charge in [0.1, 0.15) is 17.2 Å². The summed E-state index contributed by atoms with van der Waals surface area (Å²) in [5.41, 5.74) is 4.50. The van der Waals surface area contributed by atoms with Crippen LogP contribution in [-0.4, -0.2) is 32.7 Å². The molecule has 11 nitrogen and oxygen atoms in total. The molecular formula is C19H23N5O6. The standard InChI is InChI=1S/C19H23N5O6/c1-5-6-13(23-18(26)30-19(2,3)4)16-21-10-14(22-16)12-8-7-11(29-17(20)25)9-15(12)24(27)28/h5,7-10,13H,1,6H2,2-4H3,(H2,20,25)(H,21,22)(H,23,26)/t13-/m0/s1. The number of aromatic nitrogens is 2. The number of hydrogen-bond donors (Lipinski definition) is 3. The Labute approximate surface area is 172 Å². The van der Waals surface area contributed by atoms with Gasteiger partial charge >= 0.3 is 12.2 Å². The first kappa shape index (κ1) is 22.4. The highest BCUT2D eigenvalue weighted by Crippen LogP contribution is 2.33. The van der Waals surface area contributed by atoms with E-state index in [1.165, 1.54) is 18.3 Å². The SMILES string of the molecule is C=CC[C@H](NC(=O)OC(C)(C)C)c1ncc(-c2ccc(OC(N)=O)cc2[N+](=O)[O-])[nH]1. The topological polar surface area (TPSA) is 162 Å². The quantitative estimate of drug-likeness (QED) is 0.352. The molecule has 2 rings (SSSR count). The fourth-order valence-corrected chi connectivity index (χ4v) is 2.58. The third-order valence-electron chi connectivity index (χ3n) is 3.69. The van der Waals surface area contributed by atoms with Crippen molar-refractivity contribution in [2.75, 3.05) is 0 Å². The minimum Gasteiger partial charge on any atom is -0.444 e. The molecule has 0 unspecified atom stereocenters. The van der Waals surface area contributed by atoms with Crippen LogP contribution in [0, 0.1) is 10.1 Å². The van der Waals surface area contributed by atoms with Crippen molar-refractivity contribution in [1.29, 1.82) is 0 Å². The molecule has 0 saturated heterocycles. The number of rotatable bonds is 7. The van der Waals surface area contributed by atoms with Crippen molar-refractivity contribution < 1.29 is 24.0 Å². The molecule has 1 atom stereocenters. The molecule has 30 heavy (non-hydrogen) atoms. The summed E-state index contributed by atoms with van der Waals surface area (Å²) >= 11 is 0. The van der Waals surface area contributed by atoms with Crippen molar-refractivity contribution in [1.82, 2.24) is 15.3 Å². The lowest BCUT2D eigenvalue weighted by Crippen LogP contribution is -2.35. The number of amides is 2. The van der Waals surface area contributed by atoms with Gasteiger partial charge in [0.15, 0.2) is 0 Å². The third-order valence-corrected chi connectivity index (χ3v) is 3.69. The van der Waals surface area contributed by atoms with Gasteiger partial charge in [-0.2, -0.15) is 0 Å². The Morgan fingerprint density at radius 2 is 2.13 bits per heavy atom. The Morgan fingerprint density at radius 1 is 1.43 bits per heavy atom. The molecule has 1 aromatic heterocycles. The van der Waals surface area contributed by atoms with E-state index in [1.807, 2.05) is 0 Å². The van der Waals surface area contributed by atoms with Gasteiger partial charge in [0.05, 0.1) is 34.5 Å². The van der Waals surface area contributed by atoms with Gasteiger partial charge in [0, 0.05) is 0 Å². The zero-order valence-electron chi connectivity index (χ0n) is 16.8. The second-order valence-corrected chi connectivity index (χ2v) is 7.26. The number of alkyl carbamates (subject to hydrolysis) is 1. The molecule has 0 aliphatic heterocycles. The maximum Gasteiger partial charge on any atom is 0.409 e. The molecule has 1 heterocycles. The number of benzene rings is 1. The lowest BCUT2D eigenvalue weighted by Gasteiger charge is -2.22. The predicted octanol–water partition coefficient (Wildman–Crippen LogP) is 3.58. The molecule has 0 aliphatic rings. The zero-order chi connectivity index (χ0) is 22.5. The summed E-state index contributed by atoms with van der Waals surface area (Å²) in [4.78, 5) is 41.0. The number of carbonyl (C=O) groups excluding carboxylic acids is 2. The highest BCUT2D eigenvalue weighted by atomic mass is 16.6. The molecule has 0 spiro atoms. The average Bonchev–Trinajstić information content (AvgIpc) is 3.09. The number of carbonyl (C=O) groups is 2. The van der Waals surface area contributed by atoms with E-state index in [2.05, 4.69) is 21.9 Å². The fraction of sp³-hybridized carbons (Fsp3) is 0.316. The number of nitrogens with zero attached hydrogens (tertiary/aromatic N) is 2. The average molecular weight is 417 g/mol. The first-order chi connectivity index (χ1) is 14.0. The van der Waals surface area contributed by atoms with Gasteiger partial charge in [-0.1, -0.05) is 6.08 Å². The van der Waals surface area contributed by atoms with Crippen LogP contribution in [-0.2, 0) is 4.74 Å². The molecular weight excluding hydrogens is 394 g/mol. The van der Waals surface area contributed by atoms with E-state index in [1.54, 1.807) is 26.8 Å². The van der Waals surface area contributed by atoms with Gasteiger partial charge in [-0.25, -0.2) is 14.6 Å². The van der Waals surface area contributed by atoms with Crippen molar-refractivity contribution in [2.45, 2.75) is 38.8 Å². The number of hydrogen-bond acceptors (Lipinski definition) is 7. The Balaban J connectivity index is 2.33. The molecule has 0 radical (unpaired) electrons. The van der Waals surface area contributed by atoms with E-state index in [-0.39, 0.29) is 17.0 Å². The smallest absolute Gasteiger partial charge is 0.409 e. The fourth-order valence-electron chi connectivity index (χ4n) is 2.58. The number of H-pyrrole nitrogens is 1. The largest absolute Gasteiger partial charge is 0.444 e. The Hall–Kier alpha value is -3.89. The van der Waals surface area contributed by atoms with E-state index in [0.717, 1.165) is 6.07 Å². The molecule has 0 bridgehead atoms. The van der Waals surface area contributed by atoms with E-state index >= 15 is 0 Å². The number of nitrogens with two attached hydrogens (primary N) is 1. The number of aromatic amines is 1. The molecule has 2 aromatic rings. The van der Waals surface area contributed by atoms with Crippen molar-refractivity contribution in [3.8, 4) is 17.0 Å². The molecule has 11 heteroatoms. The first-order valence-corrected chi connectivity index (χ1v) is 8.91. The van der Waals surface area contributed by atoms with E-state index in [9.17, 15) is 19.7 Å². The van der Waals surface area contributed by atoms with Crippen LogP contribution in [0.4, 0.5) is 15.3 Å². The van der Waals surface area contributed by atoms with Crippen LogP contribution in [0.15, 0.2) is 37.1 Å². The number of primary amides is 1. The molecule has 160 valence electrons. The van der Waals surface area contributed by atoms with Gasteiger partial charge in [0.2, 0.25) is 0 Å². The summed E-state index contributed by atoms with van der Waals surface area (Å²) in [6, 6.07) is 3.27. The van der Waals surface area contributed by atoms with E-state index in [0.29, 0.717) is 17.9 Å². The second kappa shape index (κ2) is 9.07. The van der Waals surface area contributed by atoms with Crippen molar-refractivity contribution in [3.63, 3.8) is 0 Å². The van der Waals surface area contributed by atoms with Gasteiger partial charge in [0.25, 0.3) is 5.69 Å². The van der Waals surface area contributed by atoms with Gasteiger partial charge in [-0.15, -0.1) is 6.58 Å². The monoisotopic (exact) mass is 417 g/mol. The first-order valence-electron chi connectivity index (χ1n) is 8.91. The lowest BCUT2D eigenvalue weighted by molar-refractivity contribution is -0.384. The predicted molar refractivity (Wildman–Crippen MR) is 108 cm³/mol. The number of nitro groups is 1. The minimum absolute atomic E-state index is 0.0613. The number of nitrogens with one attached hydrogen (secondary N) is 2. The van der Waals surface area contributed by atoms with Crippen LogP contribution >= 0.6 is 0 Å². The zero-order valence-corrected chi connectivity index (χ0v) is 16.8. The third kappa shape index (κ3) is 6.06. The molecule has 2 amide bonds. The summed E-state index contributed by atoms with van der Waals surface area (Å²) < 4.78 is 9.95. The van der Waals surface area contributed by atoms with E-state index < -0.39 is 28.8 Å². The highest BCUT2D eigenvalue weighted by Gasteiger charge is 2.24. The summed E-state index contributed by atoms with van der Waals surface area (Å²) in [5.74, 6) is 0.302. The molecule has 4 N–H and O–H groups in total. The van der Waals surface area contributed by atoms with Crippen LogP contribution in [0.3, 0.4) is 0 Å². The van der Waals surface area contributed by atoms with Crippen LogP contribution < -0.4 is 15.8 Å². The maximum atomic E-state index is 12.1. The summed E-state index contributed by atoms with van der Waals surface area (Å²) in [6.07, 6.45) is 1.63. The van der Waals surface area contributed by atoms with Crippen LogP contribution in [0.2, 0.25) is 0 Å². The normalized spacial score (nSPS) is 12.0. The molecule has 0 saturated carbocycles. The highest BCUT2D eigenvalue weighted by molar-refractivity contribution is 5.74. The maximum absolute atomic E-state index is 12.1. The lowest BCUT2D eigenvalue weighted by atomic mass is 10.1. The van der Waals surface area contributed by atoms with Crippen LogP contribution in [0.1, 0.15) is 39.1 Å². The summed E-state index contributed by atoms with van der Waals surface area (Å²) in [7, 11) is 0. The van der Waals surface area contributed by atoms with Gasteiger partial charge < -0.3 is 25.5 Å². The van der Waals surface area contributed by atoms with Crippen molar-refractivity contribution in [3.05, 3.63) is 53.0 Å². The van der Waals surface area contributed by atoms with Crippen molar-refractivity contribution >= 4 is 17.9 Å². The van der Waals surface area contributed by atoms with Crippen molar-refractivity contribution in [2.24, 2.45) is 5.73 Å². The molecule has 0 fully saturated rings. The Morgan fingerprint density at radius 3 is 2.70 bits per heavy atom. The number of ether oxygens (including phenoxy) is 2. The Bertz CT molecular complexity index is 963.